The van der Waals surface area contributed by atoms with Crippen molar-refractivity contribution in [1.29, 1.82) is 0 Å². The standard InChI is InChI=1S/C23H26Cl2N2O2S/c1-4-9-26(21(28)12-15(2)3)14-22(29)27-10-7-20-18(8-11-30-20)23(27)17-6-5-16(24)13-19(17)25/h4-6,8,11,13,15,23H,1,7,9-10,12,14H2,2-3H3. The second kappa shape index (κ2) is 9.99. The van der Waals surface area contributed by atoms with E-state index in [1.807, 2.05) is 30.2 Å². The van der Waals surface area contributed by atoms with Crippen LogP contribution in [0.2, 0.25) is 10.0 Å². The molecule has 1 atom stereocenters. The fraction of sp³-hybridized carbons (Fsp3) is 0.391. The zero-order valence-electron chi connectivity index (χ0n) is 17.2. The van der Waals surface area contributed by atoms with Crippen LogP contribution in [0.3, 0.4) is 0 Å². The number of benzene rings is 1. The molecule has 30 heavy (non-hydrogen) atoms. The van der Waals surface area contributed by atoms with Crippen LogP contribution in [0.5, 0.6) is 0 Å². The molecule has 0 fully saturated rings. The lowest BCUT2D eigenvalue weighted by molar-refractivity contribution is -0.141. The summed E-state index contributed by atoms with van der Waals surface area (Å²) in [4.78, 5) is 30.7. The highest BCUT2D eigenvalue weighted by molar-refractivity contribution is 7.10. The lowest BCUT2D eigenvalue weighted by Gasteiger charge is -2.38. The molecule has 0 N–H and O–H groups in total. The highest BCUT2D eigenvalue weighted by Crippen LogP contribution is 2.41. The summed E-state index contributed by atoms with van der Waals surface area (Å²) in [7, 11) is 0. The zero-order chi connectivity index (χ0) is 21.8. The largest absolute Gasteiger partial charge is 0.330 e. The Morgan fingerprint density at radius 1 is 1.30 bits per heavy atom. The number of amides is 2. The van der Waals surface area contributed by atoms with Crippen LogP contribution in [0.25, 0.3) is 0 Å². The van der Waals surface area contributed by atoms with Crippen LogP contribution in [-0.4, -0.2) is 41.2 Å². The first-order valence-electron chi connectivity index (χ1n) is 10.0. The molecular formula is C23H26Cl2N2O2S. The Hall–Kier alpha value is -1.82. The minimum atomic E-state index is -0.289. The molecule has 1 aliphatic rings. The first-order valence-corrected chi connectivity index (χ1v) is 11.6. The number of carbonyl (C=O) groups excluding carboxylic acids is 2. The maximum atomic E-state index is 13.4. The van der Waals surface area contributed by atoms with Crippen molar-refractivity contribution >= 4 is 46.4 Å². The molecule has 0 radical (unpaired) electrons. The molecule has 2 heterocycles. The topological polar surface area (TPSA) is 40.6 Å². The summed E-state index contributed by atoms with van der Waals surface area (Å²) < 4.78 is 0. The molecule has 4 nitrogen and oxygen atoms in total. The van der Waals surface area contributed by atoms with E-state index in [0.717, 1.165) is 17.5 Å². The predicted octanol–water partition coefficient (Wildman–Crippen LogP) is 5.59. The number of hydrogen-bond acceptors (Lipinski definition) is 3. The number of rotatable bonds is 7. The van der Waals surface area contributed by atoms with Crippen molar-refractivity contribution in [3.63, 3.8) is 0 Å². The molecule has 1 unspecified atom stereocenters. The van der Waals surface area contributed by atoms with Crippen molar-refractivity contribution in [3.05, 3.63) is 68.3 Å². The van der Waals surface area contributed by atoms with Crippen molar-refractivity contribution in [2.75, 3.05) is 19.6 Å². The molecule has 2 aromatic rings. The number of carbonyl (C=O) groups is 2. The summed E-state index contributed by atoms with van der Waals surface area (Å²) >= 11 is 14.3. The van der Waals surface area contributed by atoms with Gasteiger partial charge >= 0.3 is 0 Å². The molecule has 1 aromatic heterocycles. The smallest absolute Gasteiger partial charge is 0.243 e. The molecule has 0 aliphatic carbocycles. The summed E-state index contributed by atoms with van der Waals surface area (Å²) in [6.45, 7) is 8.68. The van der Waals surface area contributed by atoms with E-state index in [-0.39, 0.29) is 30.3 Å². The van der Waals surface area contributed by atoms with Crippen LogP contribution in [0, 0.1) is 5.92 Å². The monoisotopic (exact) mass is 464 g/mol. The predicted molar refractivity (Wildman–Crippen MR) is 124 cm³/mol. The molecule has 0 spiro atoms. The number of hydrogen-bond donors (Lipinski definition) is 0. The Balaban J connectivity index is 1.91. The number of fused-ring (bicyclic) bond motifs is 1. The van der Waals surface area contributed by atoms with Gasteiger partial charge in [-0.2, -0.15) is 0 Å². The molecule has 0 bridgehead atoms. The Labute approximate surface area is 192 Å². The van der Waals surface area contributed by atoms with Gasteiger partial charge in [0.05, 0.1) is 6.04 Å². The minimum absolute atomic E-state index is 0.0265. The lowest BCUT2D eigenvalue weighted by atomic mass is 9.93. The third-order valence-electron chi connectivity index (χ3n) is 5.15. The number of thiophene rings is 1. The Morgan fingerprint density at radius 2 is 2.07 bits per heavy atom. The molecular weight excluding hydrogens is 439 g/mol. The van der Waals surface area contributed by atoms with E-state index < -0.39 is 0 Å². The minimum Gasteiger partial charge on any atom is -0.330 e. The van der Waals surface area contributed by atoms with E-state index >= 15 is 0 Å². The fourth-order valence-corrected chi connectivity index (χ4v) is 5.20. The van der Waals surface area contributed by atoms with Gasteiger partial charge in [0.25, 0.3) is 0 Å². The highest BCUT2D eigenvalue weighted by Gasteiger charge is 2.35. The summed E-state index contributed by atoms with van der Waals surface area (Å²) in [5.74, 6) is 0.0956. The third kappa shape index (κ3) is 5.08. The maximum absolute atomic E-state index is 13.4. The third-order valence-corrected chi connectivity index (χ3v) is 6.71. The van der Waals surface area contributed by atoms with Gasteiger partial charge in [0, 0.05) is 34.4 Å². The first-order chi connectivity index (χ1) is 14.3. The first kappa shape index (κ1) is 22.9. The van der Waals surface area contributed by atoms with Gasteiger partial charge in [0.2, 0.25) is 11.8 Å². The summed E-state index contributed by atoms with van der Waals surface area (Å²) in [5.41, 5.74) is 1.94. The molecule has 1 aliphatic heterocycles. The Bertz CT molecular complexity index is 941. The van der Waals surface area contributed by atoms with E-state index in [2.05, 4.69) is 12.6 Å². The van der Waals surface area contributed by atoms with E-state index in [1.54, 1.807) is 34.4 Å². The number of nitrogens with zero attached hydrogens (tertiary/aromatic N) is 2. The van der Waals surface area contributed by atoms with Crippen LogP contribution in [0.4, 0.5) is 0 Å². The summed E-state index contributed by atoms with van der Waals surface area (Å²) in [6, 6.07) is 7.15. The normalized spacial score (nSPS) is 15.8. The maximum Gasteiger partial charge on any atom is 0.243 e. The second-order valence-electron chi connectivity index (χ2n) is 7.87. The van der Waals surface area contributed by atoms with Crippen molar-refractivity contribution in [1.82, 2.24) is 9.80 Å². The zero-order valence-corrected chi connectivity index (χ0v) is 19.6. The van der Waals surface area contributed by atoms with Crippen molar-refractivity contribution in [2.24, 2.45) is 5.92 Å². The molecule has 7 heteroatoms. The van der Waals surface area contributed by atoms with Gasteiger partial charge in [-0.05, 0) is 47.0 Å². The van der Waals surface area contributed by atoms with Gasteiger partial charge in [0.15, 0.2) is 0 Å². The molecule has 1 aromatic carbocycles. The van der Waals surface area contributed by atoms with Gasteiger partial charge in [-0.15, -0.1) is 17.9 Å². The van der Waals surface area contributed by atoms with Crippen LogP contribution >= 0.6 is 34.5 Å². The van der Waals surface area contributed by atoms with Gasteiger partial charge in [0.1, 0.15) is 6.54 Å². The highest BCUT2D eigenvalue weighted by atomic mass is 35.5. The molecule has 0 saturated heterocycles. The van der Waals surface area contributed by atoms with Crippen LogP contribution in [-0.2, 0) is 16.0 Å². The fourth-order valence-electron chi connectivity index (χ4n) is 3.79. The van der Waals surface area contributed by atoms with E-state index in [4.69, 9.17) is 23.2 Å². The van der Waals surface area contributed by atoms with Crippen LogP contribution in [0.1, 0.15) is 42.3 Å². The Morgan fingerprint density at radius 3 is 2.73 bits per heavy atom. The summed E-state index contributed by atoms with van der Waals surface area (Å²) in [5, 5.41) is 3.13. The second-order valence-corrected chi connectivity index (χ2v) is 9.71. The van der Waals surface area contributed by atoms with Gasteiger partial charge in [-0.3, -0.25) is 9.59 Å². The van der Waals surface area contributed by atoms with Crippen LogP contribution < -0.4 is 0 Å². The van der Waals surface area contributed by atoms with Crippen molar-refractivity contribution in [3.8, 4) is 0 Å². The van der Waals surface area contributed by atoms with Gasteiger partial charge in [-0.1, -0.05) is 49.2 Å². The van der Waals surface area contributed by atoms with E-state index in [9.17, 15) is 9.59 Å². The summed E-state index contributed by atoms with van der Waals surface area (Å²) in [6.07, 6.45) is 2.86. The van der Waals surface area contributed by atoms with Gasteiger partial charge < -0.3 is 9.80 Å². The Kier molecular flexibility index (Phi) is 7.61. The van der Waals surface area contributed by atoms with Gasteiger partial charge in [-0.25, -0.2) is 0 Å². The van der Waals surface area contributed by atoms with E-state index in [0.29, 0.717) is 29.6 Å². The molecule has 3 rings (SSSR count). The van der Waals surface area contributed by atoms with Crippen molar-refractivity contribution in [2.45, 2.75) is 32.7 Å². The van der Waals surface area contributed by atoms with Crippen LogP contribution in [0.15, 0.2) is 42.3 Å². The van der Waals surface area contributed by atoms with Crippen molar-refractivity contribution < 1.29 is 9.59 Å². The average Bonchev–Trinajstić information content (AvgIpc) is 3.15. The van der Waals surface area contributed by atoms with E-state index in [1.165, 1.54) is 4.88 Å². The quantitative estimate of drug-likeness (QED) is 0.501. The average molecular weight is 465 g/mol. The number of halogens is 2. The SMILES string of the molecule is C=CCN(CC(=O)N1CCc2sccc2C1c1ccc(Cl)cc1Cl)C(=O)CC(C)C. The molecule has 0 saturated carbocycles. The molecule has 160 valence electrons. The molecule has 2 amide bonds. The lowest BCUT2D eigenvalue weighted by Crippen LogP contribution is -2.47.